The zero-order valence-electron chi connectivity index (χ0n) is 39.4. The number of benzene rings is 4. The number of imidazole rings is 1. The number of nitrogens with two attached hydrogens (primary N) is 1. The van der Waals surface area contributed by atoms with Crippen LogP contribution in [0.4, 0.5) is 14.6 Å². The smallest absolute Gasteiger partial charge is 0.390 e. The number of aldehydes is 1. The van der Waals surface area contributed by atoms with Crippen LogP contribution in [0.2, 0.25) is 0 Å². The molecular formula is C48H41F2N7O16P2S2. The molecule has 10 atom stereocenters. The largest absolute Gasteiger partial charge is 0.508 e. The van der Waals surface area contributed by atoms with Crippen LogP contribution in [0.25, 0.3) is 11.2 Å². The van der Waals surface area contributed by atoms with Crippen LogP contribution in [0.3, 0.4) is 0 Å². The Bertz CT molecular complexity index is 3540. The number of H-pyrrole nitrogens is 1. The summed E-state index contributed by atoms with van der Waals surface area (Å²) in [6.45, 7) is -11.2. The molecule has 6 heterocycles. The molecule has 29 heteroatoms. The van der Waals surface area contributed by atoms with Crippen molar-refractivity contribution >= 4 is 71.6 Å². The Labute approximate surface area is 440 Å². The van der Waals surface area contributed by atoms with Gasteiger partial charge in [0.15, 0.2) is 36.3 Å². The molecular weight excluding hydrogens is 1090 g/mol. The van der Waals surface area contributed by atoms with Crippen molar-refractivity contribution in [3.05, 3.63) is 171 Å². The number of esters is 2. The molecule has 10 rings (SSSR count). The summed E-state index contributed by atoms with van der Waals surface area (Å²) in [5, 5.41) is 9.59. The number of hydrogen-bond donors (Lipinski definition) is 3. The van der Waals surface area contributed by atoms with Crippen molar-refractivity contribution in [3.8, 4) is 17.2 Å². The number of hydrogen-bond acceptors (Lipinski definition) is 22. The van der Waals surface area contributed by atoms with Gasteiger partial charge in [0.2, 0.25) is 0 Å². The Morgan fingerprint density at radius 1 is 0.727 bits per heavy atom. The lowest BCUT2D eigenvalue weighted by Gasteiger charge is -2.28. The Balaban J connectivity index is 0.944. The van der Waals surface area contributed by atoms with E-state index >= 15 is 17.9 Å². The van der Waals surface area contributed by atoms with Gasteiger partial charge in [-0.25, -0.2) is 47.2 Å². The highest BCUT2D eigenvalue weighted by molar-refractivity contribution is 8.55. The molecule has 4 aromatic carbocycles. The van der Waals surface area contributed by atoms with Gasteiger partial charge >= 0.3 is 31.2 Å². The summed E-state index contributed by atoms with van der Waals surface area (Å²) >= 11 is 1.14. The first-order valence-electron chi connectivity index (χ1n) is 23.0. The Kier molecular flexibility index (Phi) is 15.7. The summed E-state index contributed by atoms with van der Waals surface area (Å²) in [7, 11) is 0. The minimum Gasteiger partial charge on any atom is -0.508 e. The standard InChI is InChI=1S/C48H41F2N7O16P2S2/c49-37-34-20-66-74(64,76-22-27-3-13-32(14-4-27)68-46(61)29-7-1-26(19-58)2-8-29)72-40-35(71-44(38(40)50)57-25-54-39-42(51)52-24-53-43(39)57)21-67-75(65,73-41(37)45(70-34)56-18-17-36(60)55-48(56)63)77-23-28-5-15-33(16-6-28)69-47(62)30-9-11-31(59)12-10-30/h1-19,24-25,34-35,37-38,40-41,44-45,59H,20-23H2,(H2,51,52,53)(H,55,60,63)/t34-,35?,37-,38-,40-,41-,44-,45-,74?,75?/m1/s1. The van der Waals surface area contributed by atoms with Crippen molar-refractivity contribution < 1.29 is 74.4 Å². The van der Waals surface area contributed by atoms with Gasteiger partial charge in [-0.2, -0.15) is 0 Å². The molecule has 0 radical (unpaired) electrons. The fourth-order valence-corrected chi connectivity index (χ4v) is 14.8. The van der Waals surface area contributed by atoms with Crippen molar-refractivity contribution in [2.75, 3.05) is 18.9 Å². The predicted molar refractivity (Wildman–Crippen MR) is 271 cm³/mol. The number of nitrogens with zero attached hydrogens (tertiary/aromatic N) is 5. The monoisotopic (exact) mass is 1140 g/mol. The number of ether oxygens (including phenoxy) is 4. The van der Waals surface area contributed by atoms with Gasteiger partial charge in [-0.3, -0.25) is 41.8 Å². The van der Waals surface area contributed by atoms with E-state index < -0.39 is 99.2 Å². The van der Waals surface area contributed by atoms with E-state index in [1.165, 1.54) is 95.8 Å². The average Bonchev–Trinajstić information content (AvgIpc) is 4.15. The number of carbonyl (C=O) groups is 3. The van der Waals surface area contributed by atoms with Gasteiger partial charge in [0.05, 0.1) is 30.7 Å². The fraction of sp³-hybridized carbons (Fsp3) is 0.250. The molecule has 3 aliphatic heterocycles. The molecule has 23 nitrogen and oxygen atoms in total. The number of fused-ring (bicyclic) bond motifs is 4. The van der Waals surface area contributed by atoms with E-state index in [0.717, 1.165) is 23.2 Å². The van der Waals surface area contributed by atoms with Crippen molar-refractivity contribution in [1.29, 1.82) is 0 Å². The fourth-order valence-electron chi connectivity index (χ4n) is 8.09. The van der Waals surface area contributed by atoms with Crippen LogP contribution in [-0.2, 0) is 48.2 Å². The molecule has 3 aromatic heterocycles. The summed E-state index contributed by atoms with van der Waals surface area (Å²) < 4.78 is 114. The number of nitrogen functional groups attached to an aromatic ring is 1. The van der Waals surface area contributed by atoms with E-state index in [-0.39, 0.29) is 56.9 Å². The number of phenolic OH excluding ortho intramolecular Hbond substituents is 1. The first-order chi connectivity index (χ1) is 37.0. The molecule has 0 spiro atoms. The molecule has 4 N–H and O–H groups in total. The highest BCUT2D eigenvalue weighted by Crippen LogP contribution is 2.67. The zero-order chi connectivity index (χ0) is 54.0. The van der Waals surface area contributed by atoms with Crippen molar-refractivity contribution in [1.82, 2.24) is 29.1 Å². The van der Waals surface area contributed by atoms with Crippen LogP contribution in [0.15, 0.2) is 132 Å². The first kappa shape index (κ1) is 53.5. The third-order valence-corrected chi connectivity index (χ3v) is 19.4. The van der Waals surface area contributed by atoms with E-state index in [0.29, 0.717) is 45.7 Å². The van der Waals surface area contributed by atoms with E-state index in [9.17, 15) is 29.1 Å². The highest BCUT2D eigenvalue weighted by atomic mass is 32.7. The molecule has 77 heavy (non-hydrogen) atoms. The number of alkyl halides is 2. The average molecular weight is 1140 g/mol. The molecule has 0 aliphatic carbocycles. The van der Waals surface area contributed by atoms with E-state index in [1.54, 1.807) is 12.1 Å². The molecule has 7 aromatic rings. The number of halogens is 2. The van der Waals surface area contributed by atoms with Crippen LogP contribution < -0.4 is 26.5 Å². The minimum absolute atomic E-state index is 0.0273. The van der Waals surface area contributed by atoms with Gasteiger partial charge in [0, 0.05) is 29.3 Å². The minimum atomic E-state index is -4.77. The molecule has 3 saturated heterocycles. The number of aromatic hydroxyl groups is 1. The number of phenols is 1. The summed E-state index contributed by atoms with van der Waals surface area (Å²) in [6.07, 6.45) is -11.1. The van der Waals surface area contributed by atoms with E-state index in [4.69, 9.17) is 42.8 Å². The third kappa shape index (κ3) is 12.0. The van der Waals surface area contributed by atoms with Gasteiger partial charge < -0.3 is 29.8 Å². The molecule has 3 aliphatic rings. The van der Waals surface area contributed by atoms with E-state index in [1.807, 2.05) is 0 Å². The Hall–Kier alpha value is -6.90. The van der Waals surface area contributed by atoms with Crippen LogP contribution >= 0.6 is 36.4 Å². The second-order valence-corrected chi connectivity index (χ2v) is 25.2. The van der Waals surface area contributed by atoms with Crippen LogP contribution in [0.5, 0.6) is 17.2 Å². The number of carbonyl (C=O) groups excluding carboxylic acids is 3. The zero-order valence-corrected chi connectivity index (χ0v) is 42.8. The maximum absolute atomic E-state index is 17.3. The van der Waals surface area contributed by atoms with E-state index in [2.05, 4.69) is 19.9 Å². The quantitative estimate of drug-likeness (QED) is 0.0442. The SMILES string of the molecule is Nc1ncnc2c1ncn2[C@@H]1OC2COP(=O)(SCc3ccc(OC(=O)c4ccc(O)cc4)cc3)O[C@@H]3[C@H](F)[C@@H](COP(=O)(SCc4ccc(OC(=O)c5ccc(C=O)cc5)cc4)O[C@H]2[C@H]1F)O[C@H]3n1ccc(=O)[nH]c1=O. The predicted octanol–water partition coefficient (Wildman–Crippen LogP) is 7.29. The normalized spacial score (nSPS) is 26.4. The number of nitrogens with one attached hydrogen (secondary N) is 1. The van der Waals surface area contributed by atoms with Crippen LogP contribution in [0, 0.1) is 0 Å². The molecule has 400 valence electrons. The van der Waals surface area contributed by atoms with Crippen LogP contribution in [0.1, 0.15) is 54.7 Å². The summed E-state index contributed by atoms with van der Waals surface area (Å²) in [4.78, 5) is 76.3. The maximum atomic E-state index is 17.3. The second kappa shape index (κ2) is 22.6. The summed E-state index contributed by atoms with van der Waals surface area (Å²) in [5.41, 5.74) is 5.99. The van der Waals surface area contributed by atoms with Gasteiger partial charge in [0.25, 0.3) is 5.56 Å². The highest BCUT2D eigenvalue weighted by Gasteiger charge is 2.55. The van der Waals surface area contributed by atoms with Gasteiger partial charge in [-0.15, -0.1) is 0 Å². The molecule has 3 unspecified atom stereocenters. The Morgan fingerprint density at radius 3 is 1.87 bits per heavy atom. The number of aromatic nitrogens is 6. The molecule has 0 amide bonds. The molecule has 3 fully saturated rings. The van der Waals surface area contributed by atoms with Crippen molar-refractivity contribution in [2.45, 2.75) is 60.7 Å². The summed E-state index contributed by atoms with van der Waals surface area (Å²) in [5.74, 6) is -1.54. The number of aromatic amines is 1. The van der Waals surface area contributed by atoms with Crippen LogP contribution in [-0.4, -0.2) is 102 Å². The Morgan fingerprint density at radius 2 is 1.29 bits per heavy atom. The third-order valence-electron chi connectivity index (χ3n) is 12.0. The van der Waals surface area contributed by atoms with Gasteiger partial charge in [-0.1, -0.05) is 36.4 Å². The van der Waals surface area contributed by atoms with Crippen molar-refractivity contribution in [2.24, 2.45) is 0 Å². The van der Waals surface area contributed by atoms with Crippen molar-refractivity contribution in [3.63, 3.8) is 0 Å². The second-order valence-electron chi connectivity index (χ2n) is 17.1. The lowest BCUT2D eigenvalue weighted by Crippen LogP contribution is -2.37. The summed E-state index contributed by atoms with van der Waals surface area (Å²) in [6, 6.07) is 24.2. The lowest BCUT2D eigenvalue weighted by atomic mass is 10.1. The van der Waals surface area contributed by atoms with Gasteiger partial charge in [0.1, 0.15) is 59.8 Å². The molecule has 0 saturated carbocycles. The lowest BCUT2D eigenvalue weighted by molar-refractivity contribution is -0.0589. The first-order valence-corrected chi connectivity index (χ1v) is 29.3. The number of rotatable bonds is 13. The molecule has 2 bridgehead atoms. The van der Waals surface area contributed by atoms with Gasteiger partial charge in [-0.05, 0) is 94.6 Å². The topological polar surface area (TPSA) is 304 Å². The number of anilines is 1. The maximum Gasteiger partial charge on any atom is 0.390 e.